The molecule has 1 nitrogen and oxygen atoms in total. The summed E-state index contributed by atoms with van der Waals surface area (Å²) in [4.78, 5) is 0. The van der Waals surface area contributed by atoms with Gasteiger partial charge in [0.05, 0.1) is 6.10 Å². The van der Waals surface area contributed by atoms with Crippen LogP contribution in [0.15, 0.2) is 30.3 Å². The number of ether oxygens (including phenoxy) is 1. The summed E-state index contributed by atoms with van der Waals surface area (Å²) in [6, 6.07) is 11.1. The van der Waals surface area contributed by atoms with E-state index in [0.29, 0.717) is 11.5 Å². The SMILES string of the molecule is c1ccc(CCC2(C3CCCCCCO3)CCCCCCC2)cc1. The van der Waals surface area contributed by atoms with Gasteiger partial charge in [0.25, 0.3) is 0 Å². The van der Waals surface area contributed by atoms with E-state index in [0.717, 1.165) is 6.61 Å². The van der Waals surface area contributed by atoms with Crippen molar-refractivity contribution in [2.45, 2.75) is 96.0 Å². The first-order valence-electron chi connectivity index (χ1n) is 10.5. The molecule has 0 amide bonds. The molecule has 1 saturated heterocycles. The number of hydrogen-bond donors (Lipinski definition) is 0. The normalized spacial score (nSPS) is 25.9. The molecular formula is C23H36O. The van der Waals surface area contributed by atoms with Crippen LogP contribution in [0, 0.1) is 5.41 Å². The molecule has 1 aromatic rings. The fraction of sp³-hybridized carbons (Fsp3) is 0.739. The Morgan fingerprint density at radius 1 is 0.792 bits per heavy atom. The van der Waals surface area contributed by atoms with Gasteiger partial charge in [-0.3, -0.25) is 0 Å². The zero-order chi connectivity index (χ0) is 16.5. The first-order chi connectivity index (χ1) is 11.9. The quantitative estimate of drug-likeness (QED) is 0.597. The van der Waals surface area contributed by atoms with Crippen LogP contribution in [-0.4, -0.2) is 12.7 Å². The molecule has 0 radical (unpaired) electrons. The van der Waals surface area contributed by atoms with Crippen LogP contribution in [0.25, 0.3) is 0 Å². The summed E-state index contributed by atoms with van der Waals surface area (Å²) in [6.45, 7) is 0.998. The molecule has 24 heavy (non-hydrogen) atoms. The van der Waals surface area contributed by atoms with E-state index in [1.807, 2.05) is 0 Å². The molecule has 1 heterocycles. The van der Waals surface area contributed by atoms with Gasteiger partial charge < -0.3 is 4.74 Å². The molecule has 1 unspecified atom stereocenters. The predicted octanol–water partition coefficient (Wildman–Crippen LogP) is 6.70. The van der Waals surface area contributed by atoms with Crippen LogP contribution in [0.3, 0.4) is 0 Å². The molecule has 1 aliphatic heterocycles. The molecule has 2 fully saturated rings. The maximum absolute atomic E-state index is 6.51. The zero-order valence-electron chi connectivity index (χ0n) is 15.5. The highest BCUT2D eigenvalue weighted by atomic mass is 16.5. The Bertz CT molecular complexity index is 436. The second kappa shape index (κ2) is 9.61. The van der Waals surface area contributed by atoms with E-state index in [2.05, 4.69) is 30.3 Å². The average molecular weight is 329 g/mol. The van der Waals surface area contributed by atoms with Crippen LogP contribution in [0.1, 0.15) is 89.0 Å². The lowest BCUT2D eigenvalue weighted by Crippen LogP contribution is -2.39. The second-order valence-electron chi connectivity index (χ2n) is 8.18. The van der Waals surface area contributed by atoms with Crippen molar-refractivity contribution in [3.8, 4) is 0 Å². The smallest absolute Gasteiger partial charge is 0.0631 e. The molecular weight excluding hydrogens is 292 g/mol. The summed E-state index contributed by atoms with van der Waals surface area (Å²) in [5.74, 6) is 0. The second-order valence-corrected chi connectivity index (χ2v) is 8.18. The molecule has 3 rings (SSSR count). The van der Waals surface area contributed by atoms with Crippen molar-refractivity contribution in [1.29, 1.82) is 0 Å². The number of benzene rings is 1. The third-order valence-electron chi connectivity index (χ3n) is 6.47. The topological polar surface area (TPSA) is 9.23 Å². The molecule has 1 heteroatoms. The minimum atomic E-state index is 0.438. The van der Waals surface area contributed by atoms with E-state index >= 15 is 0 Å². The van der Waals surface area contributed by atoms with Crippen molar-refractivity contribution in [3.05, 3.63) is 35.9 Å². The third kappa shape index (κ3) is 5.09. The van der Waals surface area contributed by atoms with E-state index in [-0.39, 0.29) is 0 Å². The molecule has 134 valence electrons. The van der Waals surface area contributed by atoms with Crippen molar-refractivity contribution in [3.63, 3.8) is 0 Å². The standard InChI is InChI=1S/C23H36O/c1-3-10-17-23(18-11-4-1,19-16-21-13-7-6-8-14-21)22-15-9-2-5-12-20-24-22/h6-8,13-14,22H,1-5,9-12,15-20H2. The van der Waals surface area contributed by atoms with Gasteiger partial charge in [0.2, 0.25) is 0 Å². The van der Waals surface area contributed by atoms with Gasteiger partial charge >= 0.3 is 0 Å². The van der Waals surface area contributed by atoms with Crippen LogP contribution in [-0.2, 0) is 11.2 Å². The van der Waals surface area contributed by atoms with Crippen molar-refractivity contribution in [1.82, 2.24) is 0 Å². The van der Waals surface area contributed by atoms with Gasteiger partial charge in [-0.05, 0) is 49.5 Å². The molecule has 0 N–H and O–H groups in total. The van der Waals surface area contributed by atoms with Gasteiger partial charge in [-0.25, -0.2) is 0 Å². The number of hydrogen-bond acceptors (Lipinski definition) is 1. The fourth-order valence-electron chi connectivity index (χ4n) is 4.96. The van der Waals surface area contributed by atoms with Crippen molar-refractivity contribution in [2.24, 2.45) is 5.41 Å². The average Bonchev–Trinajstić information content (AvgIpc) is 2.56. The Balaban J connectivity index is 1.73. The Labute approximate surface area is 149 Å². The van der Waals surface area contributed by atoms with Crippen molar-refractivity contribution >= 4 is 0 Å². The van der Waals surface area contributed by atoms with Gasteiger partial charge in [-0.15, -0.1) is 0 Å². The summed E-state index contributed by atoms with van der Waals surface area (Å²) in [7, 11) is 0. The summed E-state index contributed by atoms with van der Waals surface area (Å²) in [5.41, 5.74) is 1.94. The molecule has 1 atom stereocenters. The minimum absolute atomic E-state index is 0.438. The minimum Gasteiger partial charge on any atom is -0.378 e. The van der Waals surface area contributed by atoms with Crippen LogP contribution in [0.5, 0.6) is 0 Å². The van der Waals surface area contributed by atoms with Crippen molar-refractivity contribution < 1.29 is 4.74 Å². The Morgan fingerprint density at radius 2 is 1.46 bits per heavy atom. The molecule has 0 aromatic heterocycles. The molecule has 0 bridgehead atoms. The van der Waals surface area contributed by atoms with Gasteiger partial charge in [-0.2, -0.15) is 0 Å². The summed E-state index contributed by atoms with van der Waals surface area (Å²) in [5, 5.41) is 0. The molecule has 1 aromatic carbocycles. The third-order valence-corrected chi connectivity index (χ3v) is 6.47. The van der Waals surface area contributed by atoms with E-state index in [1.54, 1.807) is 0 Å². The molecule has 1 aliphatic carbocycles. The van der Waals surface area contributed by atoms with Crippen molar-refractivity contribution in [2.75, 3.05) is 6.61 Å². The summed E-state index contributed by atoms with van der Waals surface area (Å²) >= 11 is 0. The largest absolute Gasteiger partial charge is 0.378 e. The van der Waals surface area contributed by atoms with Gasteiger partial charge in [0.15, 0.2) is 0 Å². The Hall–Kier alpha value is -0.820. The molecule has 2 aliphatic rings. The van der Waals surface area contributed by atoms with E-state index in [9.17, 15) is 0 Å². The lowest BCUT2D eigenvalue weighted by atomic mass is 9.67. The molecule has 0 spiro atoms. The fourth-order valence-corrected chi connectivity index (χ4v) is 4.96. The zero-order valence-corrected chi connectivity index (χ0v) is 15.5. The van der Waals surface area contributed by atoms with Crippen LogP contribution in [0.4, 0.5) is 0 Å². The first-order valence-corrected chi connectivity index (χ1v) is 10.5. The maximum atomic E-state index is 6.51. The number of rotatable bonds is 4. The highest BCUT2D eigenvalue weighted by molar-refractivity contribution is 5.15. The lowest BCUT2D eigenvalue weighted by Gasteiger charge is -2.43. The van der Waals surface area contributed by atoms with E-state index in [4.69, 9.17) is 4.74 Å². The Kier molecular flexibility index (Phi) is 7.20. The first kappa shape index (κ1) is 18.0. The predicted molar refractivity (Wildman–Crippen MR) is 102 cm³/mol. The maximum Gasteiger partial charge on any atom is 0.0631 e. The van der Waals surface area contributed by atoms with Crippen LogP contribution in [0.2, 0.25) is 0 Å². The number of aryl methyl sites for hydroxylation is 1. The highest BCUT2D eigenvalue weighted by Crippen LogP contribution is 2.44. The summed E-state index contributed by atoms with van der Waals surface area (Å²) in [6.07, 6.45) is 19.7. The highest BCUT2D eigenvalue weighted by Gasteiger charge is 2.38. The lowest BCUT2D eigenvalue weighted by molar-refractivity contribution is -0.0699. The van der Waals surface area contributed by atoms with Gasteiger partial charge in [0.1, 0.15) is 0 Å². The molecule has 1 saturated carbocycles. The van der Waals surface area contributed by atoms with Crippen LogP contribution >= 0.6 is 0 Å². The van der Waals surface area contributed by atoms with Gasteiger partial charge in [-0.1, -0.05) is 81.7 Å². The summed E-state index contributed by atoms with van der Waals surface area (Å²) < 4.78 is 6.51. The Morgan fingerprint density at radius 3 is 2.25 bits per heavy atom. The van der Waals surface area contributed by atoms with Gasteiger partial charge in [0, 0.05) is 6.61 Å². The van der Waals surface area contributed by atoms with E-state index < -0.39 is 0 Å². The van der Waals surface area contributed by atoms with Crippen LogP contribution < -0.4 is 0 Å². The van der Waals surface area contributed by atoms with E-state index in [1.165, 1.54) is 95.5 Å². The monoisotopic (exact) mass is 328 g/mol.